The summed E-state index contributed by atoms with van der Waals surface area (Å²) >= 11 is 5.00. The third kappa shape index (κ3) is 3.51. The molecule has 5 nitrogen and oxygen atoms in total. The zero-order valence-corrected chi connectivity index (χ0v) is 13.9. The summed E-state index contributed by atoms with van der Waals surface area (Å²) in [5.41, 5.74) is 6.97. The number of hydrogen-bond acceptors (Lipinski definition) is 5. The van der Waals surface area contributed by atoms with E-state index >= 15 is 0 Å². The molecule has 0 spiro atoms. The number of anilines is 2. The van der Waals surface area contributed by atoms with Crippen molar-refractivity contribution in [3.63, 3.8) is 0 Å². The van der Waals surface area contributed by atoms with E-state index in [9.17, 15) is 8.42 Å². The van der Waals surface area contributed by atoms with Gasteiger partial charge in [0.15, 0.2) is 0 Å². The fraction of sp³-hybridized carbons (Fsp3) is 0.167. The zero-order valence-electron chi connectivity index (χ0n) is 10.7. The number of nitrogen functional groups attached to an aromatic ring is 1. The van der Waals surface area contributed by atoms with Gasteiger partial charge in [-0.2, -0.15) is 0 Å². The molecule has 0 radical (unpaired) electrons. The third-order valence-corrected chi connectivity index (χ3v) is 5.79. The second-order valence-electron chi connectivity index (χ2n) is 4.04. The number of thiophene rings is 1. The predicted molar refractivity (Wildman–Crippen MR) is 86.4 cm³/mol. The molecule has 20 heavy (non-hydrogen) atoms. The number of rotatable bonds is 5. The molecule has 0 aliphatic heterocycles. The van der Waals surface area contributed by atoms with Gasteiger partial charge in [-0.15, -0.1) is 11.3 Å². The van der Waals surface area contributed by atoms with Gasteiger partial charge in [-0.3, -0.25) is 0 Å². The summed E-state index contributed by atoms with van der Waals surface area (Å²) in [4.78, 5) is 1.31. The van der Waals surface area contributed by atoms with Crippen LogP contribution in [0.5, 0.6) is 0 Å². The largest absolute Gasteiger partial charge is 0.397 e. The van der Waals surface area contributed by atoms with Gasteiger partial charge in [0.1, 0.15) is 0 Å². The molecule has 0 bridgehead atoms. The van der Waals surface area contributed by atoms with Gasteiger partial charge in [-0.25, -0.2) is 13.1 Å². The Morgan fingerprint density at radius 2 is 2.10 bits per heavy atom. The normalized spacial score (nSPS) is 11.5. The number of sulfonamides is 1. The molecule has 2 aromatic rings. The van der Waals surface area contributed by atoms with Crippen LogP contribution in [0.15, 0.2) is 39.0 Å². The topological polar surface area (TPSA) is 84.2 Å². The van der Waals surface area contributed by atoms with Gasteiger partial charge in [0.25, 0.3) is 0 Å². The van der Waals surface area contributed by atoms with Crippen LogP contribution in [-0.2, 0) is 16.6 Å². The zero-order chi connectivity index (χ0) is 14.8. The average Bonchev–Trinajstić information content (AvgIpc) is 2.83. The molecule has 0 aliphatic carbocycles. The van der Waals surface area contributed by atoms with Gasteiger partial charge < -0.3 is 11.1 Å². The van der Waals surface area contributed by atoms with Crippen molar-refractivity contribution >= 4 is 48.7 Å². The Balaban J connectivity index is 2.21. The summed E-state index contributed by atoms with van der Waals surface area (Å²) in [6.07, 6.45) is 0. The minimum atomic E-state index is -3.47. The molecule has 0 unspecified atom stereocenters. The van der Waals surface area contributed by atoms with Crippen LogP contribution in [0.1, 0.15) is 4.88 Å². The van der Waals surface area contributed by atoms with Crippen LogP contribution in [-0.4, -0.2) is 15.5 Å². The Bertz CT molecular complexity index is 713. The Labute approximate surface area is 130 Å². The van der Waals surface area contributed by atoms with Crippen molar-refractivity contribution in [3.8, 4) is 0 Å². The highest BCUT2D eigenvalue weighted by Gasteiger charge is 2.13. The van der Waals surface area contributed by atoms with Gasteiger partial charge in [-0.1, -0.05) is 0 Å². The van der Waals surface area contributed by atoms with Crippen LogP contribution in [0, 0.1) is 0 Å². The van der Waals surface area contributed by atoms with E-state index in [-0.39, 0.29) is 4.90 Å². The van der Waals surface area contributed by atoms with Gasteiger partial charge >= 0.3 is 0 Å². The van der Waals surface area contributed by atoms with E-state index < -0.39 is 10.0 Å². The van der Waals surface area contributed by atoms with E-state index in [0.29, 0.717) is 17.9 Å². The molecule has 4 N–H and O–H groups in total. The van der Waals surface area contributed by atoms with Gasteiger partial charge in [0.2, 0.25) is 10.0 Å². The highest BCUT2D eigenvalue weighted by Crippen LogP contribution is 2.25. The fourth-order valence-electron chi connectivity index (χ4n) is 1.60. The summed E-state index contributed by atoms with van der Waals surface area (Å²) in [6.45, 7) is 0.587. The fourth-order valence-corrected chi connectivity index (χ4v) is 3.75. The van der Waals surface area contributed by atoms with E-state index in [2.05, 4.69) is 26.0 Å². The first-order valence-corrected chi connectivity index (χ1v) is 8.88. The molecule has 1 aromatic heterocycles. The van der Waals surface area contributed by atoms with Crippen LogP contribution < -0.4 is 15.8 Å². The van der Waals surface area contributed by atoms with Gasteiger partial charge in [0.05, 0.1) is 16.3 Å². The second kappa shape index (κ2) is 6.13. The number of benzene rings is 1. The molecule has 0 saturated carbocycles. The summed E-state index contributed by atoms with van der Waals surface area (Å²) in [5.74, 6) is 0. The van der Waals surface area contributed by atoms with Crippen molar-refractivity contribution in [1.29, 1.82) is 0 Å². The number of nitrogens with two attached hydrogens (primary N) is 1. The smallest absolute Gasteiger partial charge is 0.240 e. The van der Waals surface area contributed by atoms with Crippen molar-refractivity contribution in [2.24, 2.45) is 0 Å². The van der Waals surface area contributed by atoms with E-state index in [4.69, 9.17) is 5.73 Å². The van der Waals surface area contributed by atoms with E-state index in [1.54, 1.807) is 17.4 Å². The number of hydrogen-bond donors (Lipinski definition) is 3. The van der Waals surface area contributed by atoms with Crippen LogP contribution in [0.3, 0.4) is 0 Å². The van der Waals surface area contributed by atoms with Gasteiger partial charge in [0, 0.05) is 21.3 Å². The second-order valence-corrected chi connectivity index (χ2v) is 7.84. The summed E-state index contributed by atoms with van der Waals surface area (Å²) in [5, 5.41) is 5.14. The molecule has 0 saturated heterocycles. The highest BCUT2D eigenvalue weighted by molar-refractivity contribution is 9.10. The van der Waals surface area contributed by atoms with Crippen LogP contribution in [0.25, 0.3) is 0 Å². The minimum Gasteiger partial charge on any atom is -0.397 e. The molecule has 0 amide bonds. The molecule has 2 rings (SSSR count). The van der Waals surface area contributed by atoms with Gasteiger partial charge in [-0.05, 0) is 47.2 Å². The maximum atomic E-state index is 11.8. The predicted octanol–water partition coefficient (Wildman–Crippen LogP) is 2.61. The molecule has 1 aromatic carbocycles. The lowest BCUT2D eigenvalue weighted by atomic mass is 10.2. The summed E-state index contributed by atoms with van der Waals surface area (Å²) < 4.78 is 26.8. The molecule has 8 heteroatoms. The maximum Gasteiger partial charge on any atom is 0.240 e. The van der Waals surface area contributed by atoms with Crippen molar-refractivity contribution < 1.29 is 8.42 Å². The average molecular weight is 376 g/mol. The lowest BCUT2D eigenvalue weighted by Crippen LogP contribution is -2.18. The van der Waals surface area contributed by atoms with Crippen molar-refractivity contribution in [1.82, 2.24) is 4.72 Å². The molecule has 1 heterocycles. The first-order valence-electron chi connectivity index (χ1n) is 5.72. The van der Waals surface area contributed by atoms with E-state index in [1.165, 1.54) is 19.2 Å². The summed E-state index contributed by atoms with van der Waals surface area (Å²) in [6, 6.07) is 6.59. The van der Waals surface area contributed by atoms with E-state index in [0.717, 1.165) is 9.35 Å². The molecule has 0 fully saturated rings. The first-order chi connectivity index (χ1) is 9.42. The molecule has 0 aliphatic rings. The van der Waals surface area contributed by atoms with Crippen LogP contribution >= 0.6 is 27.3 Å². The number of halogens is 1. The Morgan fingerprint density at radius 3 is 2.70 bits per heavy atom. The van der Waals surface area contributed by atoms with Crippen molar-refractivity contribution in [3.05, 3.63) is 39.0 Å². The maximum absolute atomic E-state index is 11.8. The lowest BCUT2D eigenvalue weighted by Gasteiger charge is -2.10. The molecular weight excluding hydrogens is 362 g/mol. The first kappa shape index (κ1) is 15.3. The number of nitrogens with one attached hydrogen (secondary N) is 2. The molecule has 108 valence electrons. The lowest BCUT2D eigenvalue weighted by molar-refractivity contribution is 0.588. The third-order valence-electron chi connectivity index (χ3n) is 2.68. The Hall–Kier alpha value is -1.09. The van der Waals surface area contributed by atoms with Crippen LogP contribution in [0.2, 0.25) is 0 Å². The standard InChI is InChI=1S/C12H14BrN3O2S2/c1-15-20(17,18)10-2-3-11(14)12(5-10)16-6-9-4-8(13)7-19-9/h2-5,7,15-16H,6,14H2,1H3. The van der Waals surface area contributed by atoms with Crippen molar-refractivity contribution in [2.75, 3.05) is 18.1 Å². The Kier molecular flexibility index (Phi) is 4.69. The minimum absolute atomic E-state index is 0.184. The SMILES string of the molecule is CNS(=O)(=O)c1ccc(N)c(NCc2cc(Br)cs2)c1. The molecular formula is C12H14BrN3O2S2. The van der Waals surface area contributed by atoms with Crippen molar-refractivity contribution in [2.45, 2.75) is 11.4 Å². The quantitative estimate of drug-likeness (QED) is 0.701. The summed E-state index contributed by atoms with van der Waals surface area (Å²) in [7, 11) is -2.09. The van der Waals surface area contributed by atoms with E-state index in [1.807, 2.05) is 11.4 Å². The monoisotopic (exact) mass is 375 g/mol. The highest BCUT2D eigenvalue weighted by atomic mass is 79.9. The Morgan fingerprint density at radius 1 is 1.35 bits per heavy atom. The van der Waals surface area contributed by atoms with Crippen LogP contribution in [0.4, 0.5) is 11.4 Å². The molecule has 0 atom stereocenters.